The number of nitrogens with two attached hydrogens (primary N) is 1. The summed E-state index contributed by atoms with van der Waals surface area (Å²) < 4.78 is 6.15. The molecule has 100 valence electrons. The third kappa shape index (κ3) is 3.39. The number of hydrogen-bond donors (Lipinski definition) is 2. The SMILES string of the molecule is COC(=O)CSc1nc(NN)nc(-n2ccnc2)n1. The molecule has 2 rings (SSSR count). The Morgan fingerprint density at radius 1 is 1.53 bits per heavy atom. The third-order valence-electron chi connectivity index (χ3n) is 2.01. The average Bonchev–Trinajstić information content (AvgIpc) is 2.98. The monoisotopic (exact) mass is 281 g/mol. The number of methoxy groups -OCH3 is 1. The number of hydrogen-bond acceptors (Lipinski definition) is 9. The lowest BCUT2D eigenvalue weighted by atomic mass is 10.8. The van der Waals surface area contributed by atoms with Crippen molar-refractivity contribution in [2.24, 2.45) is 5.84 Å². The first-order chi connectivity index (χ1) is 9.22. The van der Waals surface area contributed by atoms with Gasteiger partial charge in [0.2, 0.25) is 11.9 Å². The van der Waals surface area contributed by atoms with Gasteiger partial charge in [0.05, 0.1) is 12.9 Å². The summed E-state index contributed by atoms with van der Waals surface area (Å²) in [6.07, 6.45) is 4.83. The minimum atomic E-state index is -0.364. The molecule has 0 aliphatic carbocycles. The van der Waals surface area contributed by atoms with Crippen molar-refractivity contribution in [1.29, 1.82) is 0 Å². The van der Waals surface area contributed by atoms with Gasteiger partial charge in [-0.05, 0) is 0 Å². The van der Waals surface area contributed by atoms with E-state index >= 15 is 0 Å². The molecule has 0 radical (unpaired) electrons. The van der Waals surface area contributed by atoms with Gasteiger partial charge >= 0.3 is 5.97 Å². The van der Waals surface area contributed by atoms with Crippen LogP contribution in [0.4, 0.5) is 5.95 Å². The lowest BCUT2D eigenvalue weighted by Gasteiger charge is -2.06. The first-order valence-electron chi connectivity index (χ1n) is 5.13. The lowest BCUT2D eigenvalue weighted by Crippen LogP contribution is -2.14. The quantitative estimate of drug-likeness (QED) is 0.326. The number of imidazole rings is 1. The van der Waals surface area contributed by atoms with Gasteiger partial charge in [-0.25, -0.2) is 10.8 Å². The van der Waals surface area contributed by atoms with Crippen LogP contribution in [-0.4, -0.2) is 43.3 Å². The van der Waals surface area contributed by atoms with E-state index in [9.17, 15) is 4.79 Å². The molecule has 0 saturated carbocycles. The van der Waals surface area contributed by atoms with E-state index < -0.39 is 0 Å². The molecule has 2 heterocycles. The largest absolute Gasteiger partial charge is 0.468 e. The fraction of sp³-hybridized carbons (Fsp3) is 0.222. The molecule has 19 heavy (non-hydrogen) atoms. The maximum atomic E-state index is 11.1. The summed E-state index contributed by atoms with van der Waals surface area (Å²) in [4.78, 5) is 27.3. The van der Waals surface area contributed by atoms with Crippen LogP contribution in [0.1, 0.15) is 0 Å². The summed E-state index contributed by atoms with van der Waals surface area (Å²) in [5.74, 6) is 5.59. The van der Waals surface area contributed by atoms with Gasteiger partial charge in [-0.3, -0.25) is 14.8 Å². The Balaban J connectivity index is 2.23. The van der Waals surface area contributed by atoms with Gasteiger partial charge in [-0.1, -0.05) is 11.8 Å². The van der Waals surface area contributed by atoms with E-state index in [2.05, 4.69) is 30.1 Å². The van der Waals surface area contributed by atoms with Gasteiger partial charge in [-0.2, -0.15) is 15.0 Å². The molecular formula is C9H11N7O2S. The standard InChI is InChI=1S/C9H11N7O2S/c1-18-6(17)4-19-9-13-7(15-10)12-8(14-9)16-3-2-11-5-16/h2-3,5H,4,10H2,1H3,(H,12,13,14,15). The van der Waals surface area contributed by atoms with Crippen molar-refractivity contribution < 1.29 is 9.53 Å². The molecular weight excluding hydrogens is 270 g/mol. The number of carbonyl (C=O) groups excluding carboxylic acids is 1. The highest BCUT2D eigenvalue weighted by atomic mass is 32.2. The van der Waals surface area contributed by atoms with E-state index in [-0.39, 0.29) is 17.7 Å². The molecule has 0 aliphatic heterocycles. The van der Waals surface area contributed by atoms with Crippen molar-refractivity contribution in [1.82, 2.24) is 24.5 Å². The van der Waals surface area contributed by atoms with Crippen molar-refractivity contribution in [3.05, 3.63) is 18.7 Å². The summed E-state index contributed by atoms with van der Waals surface area (Å²) in [7, 11) is 1.32. The maximum absolute atomic E-state index is 11.1. The molecule has 0 unspecified atom stereocenters. The minimum Gasteiger partial charge on any atom is -0.468 e. The van der Waals surface area contributed by atoms with Crippen LogP contribution in [0.15, 0.2) is 23.9 Å². The van der Waals surface area contributed by atoms with Gasteiger partial charge in [0.1, 0.15) is 6.33 Å². The van der Waals surface area contributed by atoms with Crippen LogP contribution in [-0.2, 0) is 9.53 Å². The fourth-order valence-electron chi connectivity index (χ4n) is 1.15. The molecule has 0 fully saturated rings. The van der Waals surface area contributed by atoms with Crippen LogP contribution in [0.5, 0.6) is 0 Å². The molecule has 2 aromatic heterocycles. The number of aromatic nitrogens is 5. The summed E-state index contributed by atoms with van der Waals surface area (Å²) in [6.45, 7) is 0. The van der Waals surface area contributed by atoms with Gasteiger partial charge in [0, 0.05) is 12.4 Å². The Morgan fingerprint density at radius 3 is 3.00 bits per heavy atom. The van der Waals surface area contributed by atoms with Crippen LogP contribution in [0.2, 0.25) is 0 Å². The number of rotatable bonds is 5. The van der Waals surface area contributed by atoms with Crippen LogP contribution >= 0.6 is 11.8 Å². The molecule has 0 amide bonds. The molecule has 2 aromatic rings. The zero-order valence-corrected chi connectivity index (χ0v) is 10.8. The third-order valence-corrected chi connectivity index (χ3v) is 2.84. The number of carbonyl (C=O) groups is 1. The second kappa shape index (κ2) is 6.11. The Labute approximate surface area is 112 Å². The van der Waals surface area contributed by atoms with Gasteiger partial charge < -0.3 is 4.74 Å². The Morgan fingerprint density at radius 2 is 2.37 bits per heavy atom. The predicted molar refractivity (Wildman–Crippen MR) is 67.5 cm³/mol. The number of ether oxygens (including phenoxy) is 1. The average molecular weight is 281 g/mol. The summed E-state index contributed by atoms with van der Waals surface area (Å²) >= 11 is 1.13. The normalized spacial score (nSPS) is 10.2. The van der Waals surface area contributed by atoms with Crippen LogP contribution in [0.3, 0.4) is 0 Å². The molecule has 0 aromatic carbocycles. The predicted octanol–water partition coefficient (Wildman–Crippen LogP) is -0.392. The number of nitrogens with zero attached hydrogens (tertiary/aromatic N) is 5. The molecule has 0 aliphatic rings. The lowest BCUT2D eigenvalue weighted by molar-refractivity contribution is -0.137. The molecule has 0 spiro atoms. The van der Waals surface area contributed by atoms with Gasteiger partial charge in [0.25, 0.3) is 0 Å². The molecule has 0 bridgehead atoms. The van der Waals surface area contributed by atoms with Crippen molar-refractivity contribution in [2.45, 2.75) is 5.16 Å². The number of esters is 1. The second-order valence-electron chi connectivity index (χ2n) is 3.22. The van der Waals surface area contributed by atoms with Crippen molar-refractivity contribution in [2.75, 3.05) is 18.3 Å². The van der Waals surface area contributed by atoms with Crippen LogP contribution in [0, 0.1) is 0 Å². The molecule has 0 saturated heterocycles. The first-order valence-corrected chi connectivity index (χ1v) is 6.12. The van der Waals surface area contributed by atoms with E-state index in [1.54, 1.807) is 23.3 Å². The van der Waals surface area contributed by atoms with Gasteiger partial charge in [0.15, 0.2) is 5.16 Å². The first kappa shape index (κ1) is 13.2. The highest BCUT2D eigenvalue weighted by molar-refractivity contribution is 7.99. The zero-order chi connectivity index (χ0) is 13.7. The molecule has 0 atom stereocenters. The summed E-state index contributed by atoms with van der Waals surface area (Å²) in [5, 5.41) is 0.358. The van der Waals surface area contributed by atoms with Crippen LogP contribution < -0.4 is 11.3 Å². The maximum Gasteiger partial charge on any atom is 0.316 e. The number of anilines is 1. The number of thioether (sulfide) groups is 1. The number of nitrogen functional groups attached to an aromatic ring is 1. The smallest absolute Gasteiger partial charge is 0.316 e. The minimum absolute atomic E-state index is 0.105. The van der Waals surface area contributed by atoms with E-state index in [4.69, 9.17) is 5.84 Å². The van der Waals surface area contributed by atoms with Crippen molar-refractivity contribution in [3.8, 4) is 5.95 Å². The molecule has 3 N–H and O–H groups in total. The Hall–Kier alpha value is -2.20. The van der Waals surface area contributed by atoms with Crippen molar-refractivity contribution in [3.63, 3.8) is 0 Å². The van der Waals surface area contributed by atoms with E-state index in [0.717, 1.165) is 11.8 Å². The van der Waals surface area contributed by atoms with Gasteiger partial charge in [-0.15, -0.1) is 0 Å². The number of hydrazine groups is 1. The number of nitrogens with one attached hydrogen (secondary N) is 1. The molecule has 9 nitrogen and oxygen atoms in total. The van der Waals surface area contributed by atoms with Crippen molar-refractivity contribution >= 4 is 23.7 Å². The van der Waals surface area contributed by atoms with E-state index in [1.165, 1.54) is 7.11 Å². The Bertz CT molecular complexity index is 560. The highest BCUT2D eigenvalue weighted by Gasteiger charge is 2.10. The second-order valence-corrected chi connectivity index (χ2v) is 4.16. The topological polar surface area (TPSA) is 121 Å². The summed E-state index contributed by atoms with van der Waals surface area (Å²) in [6, 6.07) is 0. The Kier molecular flexibility index (Phi) is 4.26. The highest BCUT2D eigenvalue weighted by Crippen LogP contribution is 2.15. The molecule has 10 heteroatoms. The zero-order valence-electron chi connectivity index (χ0n) is 9.98. The summed E-state index contributed by atoms with van der Waals surface area (Å²) in [5.41, 5.74) is 2.35. The fourth-order valence-corrected chi connectivity index (χ4v) is 1.81. The van der Waals surface area contributed by atoms with E-state index in [0.29, 0.717) is 11.1 Å². The van der Waals surface area contributed by atoms with Crippen LogP contribution in [0.25, 0.3) is 5.95 Å². The van der Waals surface area contributed by atoms with E-state index in [1.807, 2.05) is 0 Å².